The van der Waals surface area contributed by atoms with Crippen LogP contribution in [0.4, 0.5) is 0 Å². The second-order valence-electron chi connectivity index (χ2n) is 5.93. The Labute approximate surface area is 108 Å². The predicted molar refractivity (Wildman–Crippen MR) is 74.3 cm³/mol. The minimum atomic E-state index is 0.419. The van der Waals surface area contributed by atoms with Crippen molar-refractivity contribution in [3.05, 3.63) is 0 Å². The van der Waals surface area contributed by atoms with Gasteiger partial charge in [-0.15, -0.1) is 0 Å². The van der Waals surface area contributed by atoms with Crippen molar-refractivity contribution < 1.29 is 4.74 Å². The van der Waals surface area contributed by atoms with Gasteiger partial charge in [0.15, 0.2) is 0 Å². The summed E-state index contributed by atoms with van der Waals surface area (Å²) in [5.41, 5.74) is 0.419. The van der Waals surface area contributed by atoms with Crippen LogP contribution in [0.3, 0.4) is 0 Å². The molecule has 2 unspecified atom stereocenters. The molecule has 0 aromatic carbocycles. The molecule has 2 nitrogen and oxygen atoms in total. The molecular formula is C15H31NO. The van der Waals surface area contributed by atoms with E-state index in [0.717, 1.165) is 32.2 Å². The van der Waals surface area contributed by atoms with E-state index in [4.69, 9.17) is 4.74 Å². The van der Waals surface area contributed by atoms with Gasteiger partial charge in [-0.3, -0.25) is 0 Å². The van der Waals surface area contributed by atoms with E-state index < -0.39 is 0 Å². The average Bonchev–Trinajstić information content (AvgIpc) is 2.30. The summed E-state index contributed by atoms with van der Waals surface area (Å²) >= 11 is 0. The molecule has 0 amide bonds. The van der Waals surface area contributed by atoms with E-state index in [1.807, 2.05) is 0 Å². The summed E-state index contributed by atoms with van der Waals surface area (Å²) in [6.45, 7) is 11.2. The highest BCUT2D eigenvalue weighted by Gasteiger charge is 2.33. The van der Waals surface area contributed by atoms with Crippen molar-refractivity contribution in [1.82, 2.24) is 5.32 Å². The van der Waals surface area contributed by atoms with Crippen LogP contribution in [0.25, 0.3) is 0 Å². The lowest BCUT2D eigenvalue weighted by Crippen LogP contribution is -2.42. The zero-order valence-electron chi connectivity index (χ0n) is 12.1. The van der Waals surface area contributed by atoms with Gasteiger partial charge in [-0.2, -0.15) is 0 Å². The first-order valence-electron chi connectivity index (χ1n) is 7.51. The topological polar surface area (TPSA) is 21.3 Å². The lowest BCUT2D eigenvalue weighted by atomic mass is 9.74. The van der Waals surface area contributed by atoms with Crippen molar-refractivity contribution in [3.8, 4) is 0 Å². The third kappa shape index (κ3) is 5.39. The third-order valence-electron chi connectivity index (χ3n) is 3.89. The summed E-state index contributed by atoms with van der Waals surface area (Å²) in [5, 5.41) is 3.61. The summed E-state index contributed by atoms with van der Waals surface area (Å²) in [4.78, 5) is 0. The molecular weight excluding hydrogens is 210 g/mol. The van der Waals surface area contributed by atoms with Crippen LogP contribution in [-0.2, 0) is 4.74 Å². The van der Waals surface area contributed by atoms with E-state index in [1.54, 1.807) is 0 Å². The Hall–Kier alpha value is -0.0800. The van der Waals surface area contributed by atoms with Crippen LogP contribution >= 0.6 is 0 Å². The van der Waals surface area contributed by atoms with Crippen LogP contribution in [0, 0.1) is 11.3 Å². The Kier molecular flexibility index (Phi) is 7.14. The molecule has 1 rings (SSSR count). The van der Waals surface area contributed by atoms with Gasteiger partial charge in [0.05, 0.1) is 6.61 Å². The number of rotatable bonds is 8. The molecule has 1 N–H and O–H groups in total. The Morgan fingerprint density at radius 2 is 2.12 bits per heavy atom. The number of nitrogens with one attached hydrogen (secondary N) is 1. The van der Waals surface area contributed by atoms with Crippen LogP contribution in [-0.4, -0.2) is 26.3 Å². The first-order chi connectivity index (χ1) is 8.22. The third-order valence-corrected chi connectivity index (χ3v) is 3.89. The Morgan fingerprint density at radius 3 is 2.71 bits per heavy atom. The molecule has 0 saturated carbocycles. The fourth-order valence-electron chi connectivity index (χ4n) is 3.15. The molecule has 1 saturated heterocycles. The van der Waals surface area contributed by atoms with Crippen LogP contribution in [0.5, 0.6) is 0 Å². The van der Waals surface area contributed by atoms with Gasteiger partial charge < -0.3 is 10.1 Å². The second kappa shape index (κ2) is 8.10. The van der Waals surface area contributed by atoms with Crippen LogP contribution in [0.15, 0.2) is 0 Å². The maximum atomic E-state index is 5.76. The maximum absolute atomic E-state index is 5.76. The number of hydrogen-bond donors (Lipinski definition) is 1. The summed E-state index contributed by atoms with van der Waals surface area (Å²) in [6, 6.07) is 0. The molecule has 1 aliphatic rings. The standard InChI is InChI=1S/C15H31NO/c1-4-7-14(3)11-15(12-16-9-5-2)8-6-10-17-13-15/h14,16H,4-13H2,1-3H3. The van der Waals surface area contributed by atoms with E-state index in [9.17, 15) is 0 Å². The average molecular weight is 241 g/mol. The van der Waals surface area contributed by atoms with E-state index in [-0.39, 0.29) is 0 Å². The van der Waals surface area contributed by atoms with Crippen molar-refractivity contribution in [2.45, 2.75) is 59.3 Å². The van der Waals surface area contributed by atoms with Crippen LogP contribution in [0.1, 0.15) is 59.3 Å². The van der Waals surface area contributed by atoms with Crippen LogP contribution in [0.2, 0.25) is 0 Å². The van der Waals surface area contributed by atoms with Gasteiger partial charge in [-0.25, -0.2) is 0 Å². The normalized spacial score (nSPS) is 27.0. The minimum Gasteiger partial charge on any atom is -0.381 e. The summed E-state index contributed by atoms with van der Waals surface area (Å²) in [6.07, 6.45) is 7.81. The monoisotopic (exact) mass is 241 g/mol. The van der Waals surface area contributed by atoms with Gasteiger partial charge >= 0.3 is 0 Å². The smallest absolute Gasteiger partial charge is 0.0534 e. The second-order valence-corrected chi connectivity index (χ2v) is 5.93. The van der Waals surface area contributed by atoms with Gasteiger partial charge in [0.1, 0.15) is 0 Å². The van der Waals surface area contributed by atoms with E-state index in [1.165, 1.54) is 38.5 Å². The van der Waals surface area contributed by atoms with Crippen LogP contribution < -0.4 is 5.32 Å². The van der Waals surface area contributed by atoms with Gasteiger partial charge in [0, 0.05) is 18.6 Å². The fourth-order valence-corrected chi connectivity index (χ4v) is 3.15. The molecule has 1 aliphatic heterocycles. The molecule has 2 heteroatoms. The fraction of sp³-hybridized carbons (Fsp3) is 1.00. The lowest BCUT2D eigenvalue weighted by Gasteiger charge is -2.39. The molecule has 0 aliphatic carbocycles. The highest BCUT2D eigenvalue weighted by atomic mass is 16.5. The molecule has 0 aromatic heterocycles. The highest BCUT2D eigenvalue weighted by Crippen LogP contribution is 2.35. The molecule has 0 spiro atoms. The molecule has 1 heterocycles. The van der Waals surface area contributed by atoms with Gasteiger partial charge in [0.2, 0.25) is 0 Å². The Morgan fingerprint density at radius 1 is 1.29 bits per heavy atom. The van der Waals surface area contributed by atoms with Crippen molar-refractivity contribution >= 4 is 0 Å². The predicted octanol–water partition coefficient (Wildman–Crippen LogP) is 3.61. The van der Waals surface area contributed by atoms with Crippen molar-refractivity contribution in [1.29, 1.82) is 0 Å². The first-order valence-corrected chi connectivity index (χ1v) is 7.51. The number of ether oxygens (including phenoxy) is 1. The summed E-state index contributed by atoms with van der Waals surface area (Å²) < 4.78 is 5.76. The molecule has 0 bridgehead atoms. The molecule has 1 fully saturated rings. The molecule has 17 heavy (non-hydrogen) atoms. The zero-order chi connectivity index (χ0) is 12.6. The quantitative estimate of drug-likeness (QED) is 0.656. The summed E-state index contributed by atoms with van der Waals surface area (Å²) in [5.74, 6) is 0.838. The minimum absolute atomic E-state index is 0.419. The van der Waals surface area contributed by atoms with Gasteiger partial charge in [-0.05, 0) is 38.1 Å². The van der Waals surface area contributed by atoms with E-state index >= 15 is 0 Å². The zero-order valence-corrected chi connectivity index (χ0v) is 12.1. The molecule has 102 valence electrons. The largest absolute Gasteiger partial charge is 0.381 e. The highest BCUT2D eigenvalue weighted by molar-refractivity contribution is 4.85. The number of hydrogen-bond acceptors (Lipinski definition) is 2. The summed E-state index contributed by atoms with van der Waals surface area (Å²) in [7, 11) is 0. The molecule has 0 aromatic rings. The lowest BCUT2D eigenvalue weighted by molar-refractivity contribution is -0.0199. The Bertz CT molecular complexity index is 187. The Balaban J connectivity index is 2.45. The molecule has 0 radical (unpaired) electrons. The van der Waals surface area contributed by atoms with E-state index in [2.05, 4.69) is 26.1 Å². The molecule has 2 atom stereocenters. The SMILES string of the molecule is CCCNCC1(CC(C)CCC)CCCOC1. The van der Waals surface area contributed by atoms with Gasteiger partial charge in [-0.1, -0.05) is 33.6 Å². The van der Waals surface area contributed by atoms with Crippen molar-refractivity contribution in [2.75, 3.05) is 26.3 Å². The van der Waals surface area contributed by atoms with Crippen molar-refractivity contribution in [3.63, 3.8) is 0 Å². The van der Waals surface area contributed by atoms with Gasteiger partial charge in [0.25, 0.3) is 0 Å². The van der Waals surface area contributed by atoms with Crippen molar-refractivity contribution in [2.24, 2.45) is 11.3 Å². The first kappa shape index (κ1) is 15.0. The maximum Gasteiger partial charge on any atom is 0.0534 e. The van der Waals surface area contributed by atoms with E-state index in [0.29, 0.717) is 5.41 Å².